The fraction of sp³-hybridized carbons (Fsp3) is 0.769. The molecule has 102 valence electrons. The van der Waals surface area contributed by atoms with Gasteiger partial charge in [0.1, 0.15) is 12.7 Å². The Balaban J connectivity index is 2.27. The van der Waals surface area contributed by atoms with Gasteiger partial charge in [0.25, 0.3) is 0 Å². The molecule has 1 heterocycles. The van der Waals surface area contributed by atoms with Gasteiger partial charge < -0.3 is 5.32 Å². The van der Waals surface area contributed by atoms with E-state index in [1.54, 1.807) is 11.0 Å². The van der Waals surface area contributed by atoms with E-state index in [9.17, 15) is 4.79 Å². The maximum atomic E-state index is 12.0. The zero-order valence-electron chi connectivity index (χ0n) is 11.4. The Morgan fingerprint density at radius 3 is 2.78 bits per heavy atom. The van der Waals surface area contributed by atoms with Crippen LogP contribution < -0.4 is 5.32 Å². The van der Waals surface area contributed by atoms with Gasteiger partial charge >= 0.3 is 0 Å². The molecular formula is C13H24N4O. The lowest BCUT2D eigenvalue weighted by molar-refractivity contribution is -0.125. The molecule has 0 bridgehead atoms. The fourth-order valence-electron chi connectivity index (χ4n) is 1.99. The molecule has 0 aliphatic rings. The number of rotatable bonds is 9. The first kappa shape index (κ1) is 14.7. The van der Waals surface area contributed by atoms with E-state index in [0.29, 0.717) is 13.1 Å². The number of aromatic nitrogens is 3. The predicted molar refractivity (Wildman–Crippen MR) is 71.0 cm³/mol. The van der Waals surface area contributed by atoms with Crippen LogP contribution in [0.4, 0.5) is 0 Å². The van der Waals surface area contributed by atoms with Gasteiger partial charge in [0.2, 0.25) is 5.91 Å². The summed E-state index contributed by atoms with van der Waals surface area (Å²) in [5, 5.41) is 6.99. The maximum absolute atomic E-state index is 12.0. The van der Waals surface area contributed by atoms with Gasteiger partial charge in [0, 0.05) is 12.5 Å². The Kier molecular flexibility index (Phi) is 7.06. The van der Waals surface area contributed by atoms with E-state index in [0.717, 1.165) is 32.1 Å². The van der Waals surface area contributed by atoms with Crippen molar-refractivity contribution in [3.8, 4) is 0 Å². The standard InChI is InChI=1S/C13H24N4O/c1-3-5-7-12(6-4-2)13(18)15-8-9-17-11-14-10-16-17/h10-12H,3-9H2,1-2H3,(H,15,18). The number of carbonyl (C=O) groups excluding carboxylic acids is 1. The van der Waals surface area contributed by atoms with Gasteiger partial charge in [-0.25, -0.2) is 4.98 Å². The summed E-state index contributed by atoms with van der Waals surface area (Å²) in [4.78, 5) is 15.9. The highest BCUT2D eigenvalue weighted by Crippen LogP contribution is 2.14. The lowest BCUT2D eigenvalue weighted by atomic mass is 9.96. The SMILES string of the molecule is CCCCC(CCC)C(=O)NCCn1cncn1. The molecule has 1 aromatic heterocycles. The third kappa shape index (κ3) is 5.29. The predicted octanol–water partition coefficient (Wildman–Crippen LogP) is 2.00. The van der Waals surface area contributed by atoms with E-state index < -0.39 is 0 Å². The summed E-state index contributed by atoms with van der Waals surface area (Å²) in [7, 11) is 0. The van der Waals surface area contributed by atoms with Crippen LogP contribution in [0, 0.1) is 5.92 Å². The molecule has 0 aliphatic carbocycles. The minimum atomic E-state index is 0.172. The van der Waals surface area contributed by atoms with Crippen molar-refractivity contribution in [3.63, 3.8) is 0 Å². The number of carbonyl (C=O) groups is 1. The van der Waals surface area contributed by atoms with Gasteiger partial charge in [-0.05, 0) is 12.8 Å². The van der Waals surface area contributed by atoms with Gasteiger partial charge in [-0.1, -0.05) is 33.1 Å². The van der Waals surface area contributed by atoms with Crippen molar-refractivity contribution in [3.05, 3.63) is 12.7 Å². The van der Waals surface area contributed by atoms with E-state index >= 15 is 0 Å². The molecule has 0 aliphatic heterocycles. The topological polar surface area (TPSA) is 59.8 Å². The van der Waals surface area contributed by atoms with Gasteiger partial charge in [-0.2, -0.15) is 5.10 Å². The Morgan fingerprint density at radius 2 is 2.17 bits per heavy atom. The van der Waals surface area contributed by atoms with Crippen LogP contribution in [0.5, 0.6) is 0 Å². The Morgan fingerprint density at radius 1 is 1.33 bits per heavy atom. The van der Waals surface area contributed by atoms with E-state index in [-0.39, 0.29) is 11.8 Å². The second-order valence-electron chi connectivity index (χ2n) is 4.58. The largest absolute Gasteiger partial charge is 0.354 e. The van der Waals surface area contributed by atoms with E-state index in [1.165, 1.54) is 6.33 Å². The number of hydrogen-bond donors (Lipinski definition) is 1. The smallest absolute Gasteiger partial charge is 0.223 e. The van der Waals surface area contributed by atoms with Crippen molar-refractivity contribution in [2.45, 2.75) is 52.5 Å². The van der Waals surface area contributed by atoms with Crippen LogP contribution >= 0.6 is 0 Å². The van der Waals surface area contributed by atoms with Crippen LogP contribution in [-0.2, 0) is 11.3 Å². The van der Waals surface area contributed by atoms with Gasteiger partial charge in [0.15, 0.2) is 0 Å². The zero-order valence-corrected chi connectivity index (χ0v) is 11.4. The molecule has 1 unspecified atom stereocenters. The van der Waals surface area contributed by atoms with Crippen LogP contribution in [0.2, 0.25) is 0 Å². The molecule has 1 amide bonds. The quantitative estimate of drug-likeness (QED) is 0.731. The lowest BCUT2D eigenvalue weighted by Gasteiger charge is -2.15. The second kappa shape index (κ2) is 8.66. The molecule has 5 nitrogen and oxygen atoms in total. The lowest BCUT2D eigenvalue weighted by Crippen LogP contribution is -2.33. The number of amides is 1. The molecule has 0 spiro atoms. The molecule has 18 heavy (non-hydrogen) atoms. The van der Waals surface area contributed by atoms with Crippen molar-refractivity contribution in [2.75, 3.05) is 6.54 Å². The van der Waals surface area contributed by atoms with E-state index in [2.05, 4.69) is 29.2 Å². The first-order valence-corrected chi connectivity index (χ1v) is 6.88. The molecule has 1 aromatic rings. The zero-order chi connectivity index (χ0) is 13.2. The van der Waals surface area contributed by atoms with Crippen molar-refractivity contribution in [2.24, 2.45) is 5.92 Å². The third-order valence-corrected chi connectivity index (χ3v) is 3.02. The highest BCUT2D eigenvalue weighted by atomic mass is 16.1. The maximum Gasteiger partial charge on any atom is 0.223 e. The Hall–Kier alpha value is -1.39. The minimum Gasteiger partial charge on any atom is -0.354 e. The number of hydrogen-bond acceptors (Lipinski definition) is 3. The van der Waals surface area contributed by atoms with E-state index in [1.807, 2.05) is 0 Å². The number of nitrogens with zero attached hydrogens (tertiary/aromatic N) is 3. The van der Waals surface area contributed by atoms with Crippen LogP contribution in [0.15, 0.2) is 12.7 Å². The normalized spacial score (nSPS) is 12.3. The number of unbranched alkanes of at least 4 members (excludes halogenated alkanes) is 1. The third-order valence-electron chi connectivity index (χ3n) is 3.02. The summed E-state index contributed by atoms with van der Waals surface area (Å²) in [6.45, 7) is 5.58. The molecular weight excluding hydrogens is 228 g/mol. The van der Waals surface area contributed by atoms with Crippen molar-refractivity contribution >= 4 is 5.91 Å². The highest BCUT2D eigenvalue weighted by molar-refractivity contribution is 5.78. The minimum absolute atomic E-state index is 0.172. The summed E-state index contributed by atoms with van der Waals surface area (Å²) in [5.41, 5.74) is 0. The van der Waals surface area contributed by atoms with E-state index in [4.69, 9.17) is 0 Å². The summed E-state index contributed by atoms with van der Waals surface area (Å²) in [5.74, 6) is 0.358. The van der Waals surface area contributed by atoms with Gasteiger partial charge in [-0.3, -0.25) is 9.48 Å². The average molecular weight is 252 g/mol. The van der Waals surface area contributed by atoms with Crippen LogP contribution in [0.3, 0.4) is 0 Å². The molecule has 0 saturated heterocycles. The molecule has 1 atom stereocenters. The van der Waals surface area contributed by atoms with Crippen molar-refractivity contribution in [1.82, 2.24) is 20.1 Å². The molecule has 1 N–H and O–H groups in total. The summed E-state index contributed by atoms with van der Waals surface area (Å²) in [6.07, 6.45) is 8.48. The monoisotopic (exact) mass is 252 g/mol. The second-order valence-corrected chi connectivity index (χ2v) is 4.58. The Labute approximate surface area is 109 Å². The van der Waals surface area contributed by atoms with Gasteiger partial charge in [-0.15, -0.1) is 0 Å². The number of nitrogens with one attached hydrogen (secondary N) is 1. The molecule has 0 aromatic carbocycles. The first-order chi connectivity index (χ1) is 8.77. The summed E-state index contributed by atoms with van der Waals surface area (Å²) < 4.78 is 1.72. The molecule has 0 radical (unpaired) electrons. The molecule has 0 fully saturated rings. The fourth-order valence-corrected chi connectivity index (χ4v) is 1.99. The van der Waals surface area contributed by atoms with Crippen LogP contribution in [0.25, 0.3) is 0 Å². The average Bonchev–Trinajstić information content (AvgIpc) is 2.87. The first-order valence-electron chi connectivity index (χ1n) is 6.88. The molecule has 5 heteroatoms. The molecule has 1 rings (SSSR count). The van der Waals surface area contributed by atoms with Crippen molar-refractivity contribution in [1.29, 1.82) is 0 Å². The summed E-state index contributed by atoms with van der Waals surface area (Å²) in [6, 6.07) is 0. The highest BCUT2D eigenvalue weighted by Gasteiger charge is 2.16. The Bertz CT molecular complexity index is 324. The van der Waals surface area contributed by atoms with Gasteiger partial charge in [0.05, 0.1) is 6.54 Å². The van der Waals surface area contributed by atoms with Crippen LogP contribution in [-0.4, -0.2) is 27.2 Å². The van der Waals surface area contributed by atoms with Crippen LogP contribution in [0.1, 0.15) is 46.0 Å². The summed E-state index contributed by atoms with van der Waals surface area (Å²) >= 11 is 0. The molecule has 0 saturated carbocycles. The van der Waals surface area contributed by atoms with Crippen molar-refractivity contribution < 1.29 is 4.79 Å².